The molecule has 0 bridgehead atoms. The van der Waals surface area contributed by atoms with E-state index in [2.05, 4.69) is 60.6 Å². The number of rotatable bonds is 10. The summed E-state index contributed by atoms with van der Waals surface area (Å²) in [6, 6.07) is 30.3. The van der Waals surface area contributed by atoms with Crippen LogP contribution in [0.5, 0.6) is 5.75 Å². The number of phenols is 1. The molecule has 0 radical (unpaired) electrons. The van der Waals surface area contributed by atoms with Crippen LogP contribution in [0.1, 0.15) is 146 Å². The molecule has 4 nitrogen and oxygen atoms in total. The number of aryl methyl sites for hydroxylation is 1. The van der Waals surface area contributed by atoms with Gasteiger partial charge in [-0.25, -0.2) is 4.98 Å². The maximum atomic E-state index is 12.3. The summed E-state index contributed by atoms with van der Waals surface area (Å²) in [7, 11) is 0. The molecule has 0 aliphatic rings. The Morgan fingerprint density at radius 2 is 1.41 bits per heavy atom. The van der Waals surface area contributed by atoms with Crippen LogP contribution in [0.25, 0.3) is 72.7 Å². The second kappa shape index (κ2) is 18.5. The van der Waals surface area contributed by atoms with Crippen molar-refractivity contribution in [2.45, 2.75) is 112 Å². The Kier molecular flexibility index (Phi) is 10.3. The van der Waals surface area contributed by atoms with E-state index in [0.717, 1.165) is 33.4 Å². The largest absolute Gasteiger partial charge is 0.507 e. The first-order chi connectivity index (χ1) is 33.6. The van der Waals surface area contributed by atoms with Gasteiger partial charge in [-0.3, -0.25) is 9.55 Å². The zero-order chi connectivity index (χ0) is 52.7. The van der Waals surface area contributed by atoms with Crippen LogP contribution in [0, 0.1) is 12.9 Å². The molecule has 2 heterocycles. The van der Waals surface area contributed by atoms with Gasteiger partial charge in [0.25, 0.3) is 0 Å². The van der Waals surface area contributed by atoms with E-state index in [1.165, 1.54) is 0 Å². The molecule has 2 aromatic heterocycles. The van der Waals surface area contributed by atoms with Gasteiger partial charge in [0.15, 0.2) is 0 Å². The monoisotopic (exact) mass is 1030 g/mol. The summed E-state index contributed by atoms with van der Waals surface area (Å²) in [5, 5.41) is 12.3. The van der Waals surface area contributed by atoms with Crippen molar-refractivity contribution in [3.8, 4) is 67.5 Å². The van der Waals surface area contributed by atoms with Gasteiger partial charge < -0.3 is 5.11 Å². The molecular formula is C59H62N3OPt-. The van der Waals surface area contributed by atoms with Crippen molar-refractivity contribution in [3.05, 3.63) is 167 Å². The number of benzene rings is 6. The third kappa shape index (κ3) is 8.92. The van der Waals surface area contributed by atoms with Crippen molar-refractivity contribution in [1.29, 1.82) is 0 Å². The number of hydrogen-bond donors (Lipinski definition) is 1. The standard InChI is InChI=1S/C59H62N3O.Pt/c1-35(2)43-32-50(38(7)8)57(63)51(33-43)58-61-56-49(44-29-45(31-46(30-44)59(10,11)12)52-34-41(26-27-60-52)40-18-14-13-15-19-40)22-17-23-54(56)62(58)53-25-24-42(28-39(53)9)55-47(36(3)4)20-16-21-48(55)37(5)6;/h13-28,30-38,63H,1-12H3;/q-1;/i9D3,13D,14D,15D,18D,19D,36D;. The van der Waals surface area contributed by atoms with Crippen LogP contribution in [0.4, 0.5) is 0 Å². The summed E-state index contributed by atoms with van der Waals surface area (Å²) in [6.07, 6.45) is 1.56. The van der Waals surface area contributed by atoms with Crippen LogP contribution in [-0.2, 0) is 26.5 Å². The molecular weight excluding hydrogens is 962 g/mol. The zero-order valence-corrected chi connectivity index (χ0v) is 40.8. The maximum Gasteiger partial charge on any atom is 0.148 e. The molecule has 0 unspecified atom stereocenters. The second-order valence-corrected chi connectivity index (χ2v) is 18.8. The van der Waals surface area contributed by atoms with Crippen molar-refractivity contribution in [2.24, 2.45) is 0 Å². The normalized spacial score (nSPS) is 14.3. The number of imidazole rings is 1. The molecule has 330 valence electrons. The number of hydrogen-bond acceptors (Lipinski definition) is 3. The number of nitrogens with zero attached hydrogens (tertiary/aromatic N) is 3. The van der Waals surface area contributed by atoms with E-state index >= 15 is 0 Å². The average molecular weight is 1030 g/mol. The Bertz CT molecular complexity index is 3410. The van der Waals surface area contributed by atoms with E-state index in [-0.39, 0.29) is 73.2 Å². The minimum atomic E-state index is -2.62. The molecule has 0 atom stereocenters. The van der Waals surface area contributed by atoms with E-state index in [9.17, 15) is 5.11 Å². The first kappa shape index (κ1) is 35.7. The number of para-hydroxylation sites is 1. The first-order valence-corrected chi connectivity index (χ1v) is 21.9. The number of aromatic hydroxyl groups is 1. The van der Waals surface area contributed by atoms with E-state index in [4.69, 9.17) is 22.3 Å². The molecule has 0 fully saturated rings. The molecule has 1 N–H and O–H groups in total. The number of aromatic nitrogens is 3. The van der Waals surface area contributed by atoms with Crippen molar-refractivity contribution < 1.29 is 38.5 Å². The Hall–Kier alpha value is -5.57. The quantitative estimate of drug-likeness (QED) is 0.139. The predicted octanol–water partition coefficient (Wildman–Crippen LogP) is 16.4. The predicted molar refractivity (Wildman–Crippen MR) is 266 cm³/mol. The molecule has 0 spiro atoms. The van der Waals surface area contributed by atoms with Crippen molar-refractivity contribution in [3.63, 3.8) is 0 Å². The van der Waals surface area contributed by atoms with E-state index in [1.54, 1.807) is 24.4 Å². The van der Waals surface area contributed by atoms with Crippen LogP contribution < -0.4 is 0 Å². The van der Waals surface area contributed by atoms with E-state index < -0.39 is 30.9 Å². The van der Waals surface area contributed by atoms with Crippen LogP contribution >= 0.6 is 0 Å². The van der Waals surface area contributed by atoms with Gasteiger partial charge >= 0.3 is 0 Å². The minimum Gasteiger partial charge on any atom is -0.507 e. The van der Waals surface area contributed by atoms with E-state index in [1.807, 2.05) is 99.0 Å². The SMILES string of the molecule is [2H]c1c([2H])c([2H])c(-c2ccnc(-c3[c-]c(-c4cccc5c4nc(-c4cc(C(C)C)cc(C(C)C)c4O)n5-c4ccc(-c5c(C(C)C)cccc5C([2H])(C)C)cc4C([2H])([2H])[2H])cc(C(C)(C)C)c3)c2)c([2H])c1[2H].[Pt]. The molecule has 5 heteroatoms. The number of fused-ring (bicyclic) bond motifs is 1. The Labute approximate surface area is 408 Å². The summed E-state index contributed by atoms with van der Waals surface area (Å²) in [5.41, 5.74) is 10.5. The van der Waals surface area contributed by atoms with Crippen molar-refractivity contribution in [1.82, 2.24) is 14.5 Å². The van der Waals surface area contributed by atoms with Gasteiger partial charge in [-0.15, -0.1) is 29.3 Å². The molecule has 64 heavy (non-hydrogen) atoms. The first-order valence-electron chi connectivity index (χ1n) is 26.4. The summed E-state index contributed by atoms with van der Waals surface area (Å²) in [5.74, 6) is -0.450. The Balaban J connectivity index is 0.00000780. The summed E-state index contributed by atoms with van der Waals surface area (Å²) >= 11 is 0. The van der Waals surface area contributed by atoms with Gasteiger partial charge in [0.1, 0.15) is 11.6 Å². The molecule has 6 aromatic carbocycles. The summed E-state index contributed by atoms with van der Waals surface area (Å²) in [6.45, 7) is 19.8. The Morgan fingerprint density at radius 3 is 2.08 bits per heavy atom. The number of pyridine rings is 1. The third-order valence-electron chi connectivity index (χ3n) is 12.0. The second-order valence-electron chi connectivity index (χ2n) is 18.8. The summed E-state index contributed by atoms with van der Waals surface area (Å²) in [4.78, 5) is 10.2. The molecule has 0 aliphatic heterocycles. The van der Waals surface area contributed by atoms with Crippen LogP contribution in [-0.4, -0.2) is 19.6 Å². The van der Waals surface area contributed by atoms with E-state index in [0.29, 0.717) is 61.6 Å². The molecule has 0 saturated carbocycles. The van der Waals surface area contributed by atoms with Gasteiger partial charge in [-0.2, -0.15) is 0 Å². The van der Waals surface area contributed by atoms with Gasteiger partial charge in [0, 0.05) is 38.4 Å². The van der Waals surface area contributed by atoms with Gasteiger partial charge in [0.2, 0.25) is 0 Å². The Morgan fingerprint density at radius 1 is 0.703 bits per heavy atom. The van der Waals surface area contributed by atoms with Gasteiger partial charge in [-0.1, -0.05) is 166 Å². The van der Waals surface area contributed by atoms with Crippen LogP contribution in [0.2, 0.25) is 0 Å². The van der Waals surface area contributed by atoms with Crippen LogP contribution in [0.15, 0.2) is 127 Å². The molecule has 0 aliphatic carbocycles. The van der Waals surface area contributed by atoms with Gasteiger partial charge in [0.05, 0.1) is 29.1 Å². The molecule has 8 aromatic rings. The number of phenolic OH excluding ortho intramolecular Hbond substituents is 1. The molecule has 8 rings (SSSR count). The maximum absolute atomic E-state index is 12.3. The zero-order valence-electron chi connectivity index (χ0n) is 47.6. The van der Waals surface area contributed by atoms with Crippen molar-refractivity contribution >= 4 is 11.0 Å². The molecule has 0 saturated heterocycles. The van der Waals surface area contributed by atoms with Gasteiger partial charge in [-0.05, 0) is 116 Å². The van der Waals surface area contributed by atoms with Crippen LogP contribution in [0.3, 0.4) is 0 Å². The van der Waals surface area contributed by atoms with Crippen molar-refractivity contribution in [2.75, 3.05) is 0 Å². The molecule has 0 amide bonds. The smallest absolute Gasteiger partial charge is 0.148 e. The minimum absolute atomic E-state index is 0. The fourth-order valence-electron chi connectivity index (χ4n) is 8.46. The summed E-state index contributed by atoms with van der Waals surface area (Å²) < 4.78 is 80.7. The fraction of sp³-hybridized carbons (Fsp3) is 0.288. The fourth-order valence-corrected chi connectivity index (χ4v) is 8.46. The third-order valence-corrected chi connectivity index (χ3v) is 12.0. The topological polar surface area (TPSA) is 50.9 Å². The average Bonchev–Trinajstić information content (AvgIpc) is 3.71.